The Bertz CT molecular complexity index is 1400. The van der Waals surface area contributed by atoms with Gasteiger partial charge in [-0.3, -0.25) is 4.57 Å². The van der Waals surface area contributed by atoms with E-state index in [0.29, 0.717) is 12.4 Å². The average molecular weight is 484 g/mol. The van der Waals surface area contributed by atoms with Crippen LogP contribution in [0.3, 0.4) is 0 Å². The van der Waals surface area contributed by atoms with Crippen molar-refractivity contribution in [3.05, 3.63) is 84.2 Å². The van der Waals surface area contributed by atoms with Gasteiger partial charge in [0.15, 0.2) is 11.0 Å². The number of H-pyrrole nitrogens is 1. The van der Waals surface area contributed by atoms with Gasteiger partial charge >= 0.3 is 0 Å². The molecule has 0 aliphatic rings. The molecule has 0 atom stereocenters. The average Bonchev–Trinajstić information content (AvgIpc) is 3.47. The third kappa shape index (κ3) is 4.95. The van der Waals surface area contributed by atoms with Crippen molar-refractivity contribution in [3.8, 4) is 22.8 Å². The highest BCUT2D eigenvalue weighted by molar-refractivity contribution is 7.98. The standard InChI is InChI=1S/C28H29N5OS/c1-5-34-22-16-14-21(15-17-22)33-26(19-10-12-20(13-11-19)28(2,3)4)31-32-27(33)35-18-25-29-23-8-6-7-9-24(23)30-25/h6-17H,5,18H2,1-4H3,(H,29,30). The molecule has 0 saturated carbocycles. The van der Waals surface area contributed by atoms with E-state index in [1.54, 1.807) is 11.8 Å². The number of aromatic nitrogens is 5. The van der Waals surface area contributed by atoms with Crippen molar-refractivity contribution >= 4 is 22.8 Å². The molecule has 0 aliphatic carbocycles. The lowest BCUT2D eigenvalue weighted by Gasteiger charge is -2.19. The molecule has 0 aliphatic heterocycles. The summed E-state index contributed by atoms with van der Waals surface area (Å²) in [6.07, 6.45) is 0. The first-order chi connectivity index (χ1) is 16.9. The smallest absolute Gasteiger partial charge is 0.196 e. The van der Waals surface area contributed by atoms with E-state index < -0.39 is 0 Å². The van der Waals surface area contributed by atoms with Crippen LogP contribution in [0.5, 0.6) is 5.75 Å². The monoisotopic (exact) mass is 483 g/mol. The number of rotatable bonds is 7. The van der Waals surface area contributed by atoms with Crippen molar-refractivity contribution < 1.29 is 4.74 Å². The van der Waals surface area contributed by atoms with Gasteiger partial charge in [-0.15, -0.1) is 10.2 Å². The van der Waals surface area contributed by atoms with E-state index in [1.165, 1.54) is 5.56 Å². The molecule has 1 N–H and O–H groups in total. The molecule has 5 rings (SSSR count). The lowest BCUT2D eigenvalue weighted by Crippen LogP contribution is -2.10. The number of fused-ring (bicyclic) bond motifs is 1. The molecule has 0 bridgehead atoms. The zero-order valence-corrected chi connectivity index (χ0v) is 21.3. The first kappa shape index (κ1) is 23.2. The molecule has 3 aromatic carbocycles. The number of hydrogen-bond acceptors (Lipinski definition) is 5. The molecule has 0 spiro atoms. The Morgan fingerprint density at radius 2 is 1.66 bits per heavy atom. The second-order valence-corrected chi connectivity index (χ2v) is 10.3. The maximum absolute atomic E-state index is 5.64. The Labute approximate surface area is 209 Å². The van der Waals surface area contributed by atoms with Gasteiger partial charge in [0.05, 0.1) is 23.4 Å². The molecular formula is C28H29N5OS. The highest BCUT2D eigenvalue weighted by Crippen LogP contribution is 2.32. The zero-order valence-electron chi connectivity index (χ0n) is 20.4. The van der Waals surface area contributed by atoms with Crippen LogP contribution in [0.2, 0.25) is 0 Å². The Kier molecular flexibility index (Phi) is 6.34. The van der Waals surface area contributed by atoms with Gasteiger partial charge in [0, 0.05) is 11.3 Å². The summed E-state index contributed by atoms with van der Waals surface area (Å²) in [4.78, 5) is 8.11. The molecule has 0 unspecified atom stereocenters. The fraction of sp³-hybridized carbons (Fsp3) is 0.250. The largest absolute Gasteiger partial charge is 0.494 e. The van der Waals surface area contributed by atoms with E-state index in [9.17, 15) is 0 Å². The number of imidazole rings is 1. The molecule has 35 heavy (non-hydrogen) atoms. The van der Waals surface area contributed by atoms with Crippen LogP contribution in [0.1, 0.15) is 39.1 Å². The highest BCUT2D eigenvalue weighted by Gasteiger charge is 2.19. The molecule has 2 heterocycles. The summed E-state index contributed by atoms with van der Waals surface area (Å²) in [7, 11) is 0. The van der Waals surface area contributed by atoms with Crippen molar-refractivity contribution in [2.45, 2.75) is 44.0 Å². The fourth-order valence-corrected chi connectivity index (χ4v) is 4.79. The quantitative estimate of drug-likeness (QED) is 0.258. The predicted octanol–water partition coefficient (Wildman–Crippen LogP) is 6.80. The number of nitrogens with one attached hydrogen (secondary N) is 1. The molecule has 0 radical (unpaired) electrons. The van der Waals surface area contributed by atoms with Gasteiger partial charge in [0.1, 0.15) is 11.6 Å². The van der Waals surface area contributed by atoms with E-state index in [-0.39, 0.29) is 5.41 Å². The van der Waals surface area contributed by atoms with Crippen LogP contribution in [0.4, 0.5) is 0 Å². The summed E-state index contributed by atoms with van der Waals surface area (Å²) >= 11 is 1.61. The number of benzene rings is 3. The van der Waals surface area contributed by atoms with Gasteiger partial charge in [0.25, 0.3) is 0 Å². The molecule has 5 aromatic rings. The van der Waals surface area contributed by atoms with Crippen molar-refractivity contribution in [3.63, 3.8) is 0 Å². The predicted molar refractivity (Wildman–Crippen MR) is 142 cm³/mol. The van der Waals surface area contributed by atoms with Crippen LogP contribution in [0, 0.1) is 0 Å². The van der Waals surface area contributed by atoms with Gasteiger partial charge in [-0.1, -0.05) is 68.9 Å². The van der Waals surface area contributed by atoms with Crippen LogP contribution in [0.15, 0.2) is 78.0 Å². The highest BCUT2D eigenvalue weighted by atomic mass is 32.2. The minimum Gasteiger partial charge on any atom is -0.494 e. The molecule has 178 valence electrons. The number of hydrogen-bond donors (Lipinski definition) is 1. The van der Waals surface area contributed by atoms with Gasteiger partial charge in [-0.25, -0.2) is 4.98 Å². The molecule has 0 fully saturated rings. The van der Waals surface area contributed by atoms with E-state index >= 15 is 0 Å². The lowest BCUT2D eigenvalue weighted by molar-refractivity contribution is 0.340. The zero-order chi connectivity index (χ0) is 24.4. The third-order valence-electron chi connectivity index (χ3n) is 5.82. The van der Waals surface area contributed by atoms with Crippen molar-refractivity contribution in [2.24, 2.45) is 0 Å². The van der Waals surface area contributed by atoms with E-state index in [0.717, 1.165) is 44.8 Å². The minimum atomic E-state index is 0.0922. The Hall–Kier alpha value is -3.58. The molecule has 0 amide bonds. The SMILES string of the molecule is CCOc1ccc(-n2c(SCc3nc4ccccc4[nH]3)nnc2-c2ccc(C(C)(C)C)cc2)cc1. The fourth-order valence-electron chi connectivity index (χ4n) is 3.97. The van der Waals surface area contributed by atoms with Crippen molar-refractivity contribution in [1.82, 2.24) is 24.7 Å². The number of para-hydroxylation sites is 2. The van der Waals surface area contributed by atoms with Crippen molar-refractivity contribution in [2.75, 3.05) is 6.61 Å². The molecule has 7 heteroatoms. The molecular weight excluding hydrogens is 454 g/mol. The summed E-state index contributed by atoms with van der Waals surface area (Å²) < 4.78 is 7.75. The molecule has 2 aromatic heterocycles. The number of aromatic amines is 1. The first-order valence-electron chi connectivity index (χ1n) is 11.8. The van der Waals surface area contributed by atoms with Crippen LogP contribution < -0.4 is 4.74 Å². The lowest BCUT2D eigenvalue weighted by atomic mass is 9.87. The maximum atomic E-state index is 5.64. The number of nitrogens with zero attached hydrogens (tertiary/aromatic N) is 4. The third-order valence-corrected chi connectivity index (χ3v) is 6.77. The normalized spacial score (nSPS) is 11.8. The van der Waals surface area contributed by atoms with Crippen LogP contribution in [-0.4, -0.2) is 31.3 Å². The maximum Gasteiger partial charge on any atom is 0.196 e. The summed E-state index contributed by atoms with van der Waals surface area (Å²) in [6, 6.07) is 24.7. The van der Waals surface area contributed by atoms with E-state index in [2.05, 4.69) is 64.8 Å². The summed E-state index contributed by atoms with van der Waals surface area (Å²) in [5.41, 5.74) is 5.39. The van der Waals surface area contributed by atoms with Gasteiger partial charge in [-0.05, 0) is 54.3 Å². The Morgan fingerprint density at radius 3 is 2.34 bits per heavy atom. The van der Waals surface area contributed by atoms with E-state index in [1.807, 2.05) is 55.5 Å². The Balaban J connectivity index is 1.50. The summed E-state index contributed by atoms with van der Waals surface area (Å²) in [5.74, 6) is 3.22. The van der Waals surface area contributed by atoms with Gasteiger partial charge < -0.3 is 9.72 Å². The van der Waals surface area contributed by atoms with Gasteiger partial charge in [0.2, 0.25) is 0 Å². The first-order valence-corrected chi connectivity index (χ1v) is 12.8. The van der Waals surface area contributed by atoms with Crippen molar-refractivity contribution in [1.29, 1.82) is 0 Å². The topological polar surface area (TPSA) is 68.6 Å². The molecule has 0 saturated heterocycles. The summed E-state index contributed by atoms with van der Waals surface area (Å²) in [5, 5.41) is 9.98. The number of ether oxygens (including phenoxy) is 1. The second kappa shape index (κ2) is 9.58. The van der Waals surface area contributed by atoms with E-state index in [4.69, 9.17) is 9.72 Å². The van der Waals surface area contributed by atoms with Crippen LogP contribution in [-0.2, 0) is 11.2 Å². The van der Waals surface area contributed by atoms with Gasteiger partial charge in [-0.2, -0.15) is 0 Å². The minimum absolute atomic E-state index is 0.0922. The molecule has 6 nitrogen and oxygen atoms in total. The Morgan fingerprint density at radius 1 is 0.914 bits per heavy atom. The second-order valence-electron chi connectivity index (χ2n) is 9.39. The number of thioether (sulfide) groups is 1. The van der Waals surface area contributed by atoms with Crippen LogP contribution >= 0.6 is 11.8 Å². The van der Waals surface area contributed by atoms with Crippen LogP contribution in [0.25, 0.3) is 28.1 Å². The summed E-state index contributed by atoms with van der Waals surface area (Å²) in [6.45, 7) is 9.28.